The first kappa shape index (κ1) is 19.0. The molecule has 0 spiro atoms. The Morgan fingerprint density at radius 3 is 1.53 bits per heavy atom. The summed E-state index contributed by atoms with van der Waals surface area (Å²) in [6, 6.07) is 0. The molecule has 0 nitrogen and oxygen atoms in total. The van der Waals surface area contributed by atoms with Gasteiger partial charge in [-0.1, -0.05) is 105 Å². The zero-order valence-corrected chi connectivity index (χ0v) is 14.3. The van der Waals surface area contributed by atoms with Crippen LogP contribution in [0.4, 0.5) is 0 Å². The highest BCUT2D eigenvalue weighted by molar-refractivity contribution is 4.65. The quantitative estimate of drug-likeness (QED) is 0.288. The molecule has 0 amide bonds. The summed E-state index contributed by atoms with van der Waals surface area (Å²) in [5, 5.41) is 0. The first-order chi connectivity index (χ1) is 9.28. The van der Waals surface area contributed by atoms with Crippen LogP contribution >= 0.6 is 0 Å². The molecule has 0 rings (SSSR count). The Labute approximate surface area is 123 Å². The van der Waals surface area contributed by atoms with Crippen LogP contribution in [0.3, 0.4) is 0 Å². The molecule has 116 valence electrons. The Kier molecular flexibility index (Phi) is 14.4. The Balaban J connectivity index is 3.67. The van der Waals surface area contributed by atoms with E-state index in [1.807, 2.05) is 0 Å². The molecule has 0 aromatic heterocycles. The van der Waals surface area contributed by atoms with Crippen LogP contribution in [0.2, 0.25) is 0 Å². The average molecular weight is 269 g/mol. The molecule has 0 aliphatic carbocycles. The third-order valence-electron chi connectivity index (χ3n) is 4.75. The first-order valence-electron chi connectivity index (χ1n) is 9.28. The van der Waals surface area contributed by atoms with Crippen LogP contribution in [0.1, 0.15) is 111 Å². The van der Waals surface area contributed by atoms with E-state index in [9.17, 15) is 0 Å². The van der Waals surface area contributed by atoms with Crippen LogP contribution in [0.25, 0.3) is 0 Å². The van der Waals surface area contributed by atoms with Crippen molar-refractivity contribution in [3.05, 3.63) is 0 Å². The Morgan fingerprint density at radius 2 is 1.00 bits per heavy atom. The Morgan fingerprint density at radius 1 is 0.526 bits per heavy atom. The third-order valence-corrected chi connectivity index (χ3v) is 4.75. The molecule has 0 heterocycles. The Hall–Kier alpha value is 0. The van der Waals surface area contributed by atoms with Crippen LogP contribution in [0, 0.1) is 11.8 Å². The SMILES string of the molecule is CCCCCCCCC(CC)CC(CC)CCCC. The van der Waals surface area contributed by atoms with E-state index in [1.165, 1.54) is 83.5 Å². The first-order valence-corrected chi connectivity index (χ1v) is 9.28. The minimum atomic E-state index is 1.00. The van der Waals surface area contributed by atoms with Gasteiger partial charge in [0.1, 0.15) is 0 Å². The van der Waals surface area contributed by atoms with Crippen LogP contribution in [-0.4, -0.2) is 0 Å². The summed E-state index contributed by atoms with van der Waals surface area (Å²) < 4.78 is 0. The maximum absolute atomic E-state index is 2.40. The number of rotatable bonds is 14. The highest BCUT2D eigenvalue weighted by Crippen LogP contribution is 2.27. The van der Waals surface area contributed by atoms with Gasteiger partial charge in [0, 0.05) is 0 Å². The summed E-state index contributed by atoms with van der Waals surface area (Å²) in [7, 11) is 0. The number of hydrogen-bond donors (Lipinski definition) is 0. The van der Waals surface area contributed by atoms with E-state index in [1.54, 1.807) is 0 Å². The van der Waals surface area contributed by atoms with Crippen molar-refractivity contribution >= 4 is 0 Å². The lowest BCUT2D eigenvalue weighted by Crippen LogP contribution is -2.08. The molecule has 19 heavy (non-hydrogen) atoms. The minimum absolute atomic E-state index is 1.00. The number of hydrogen-bond acceptors (Lipinski definition) is 0. The summed E-state index contributed by atoms with van der Waals surface area (Å²) in [6.45, 7) is 9.40. The van der Waals surface area contributed by atoms with Gasteiger partial charge in [-0.3, -0.25) is 0 Å². The lowest BCUT2D eigenvalue weighted by atomic mass is 9.84. The van der Waals surface area contributed by atoms with E-state index in [0.29, 0.717) is 0 Å². The smallest absolute Gasteiger partial charge is 0.0414 e. The standard InChI is InChI=1S/C19H40/c1-5-9-11-12-13-14-16-19(8-4)17-18(7-3)15-10-6-2/h18-19H,5-17H2,1-4H3. The van der Waals surface area contributed by atoms with Gasteiger partial charge in [-0.2, -0.15) is 0 Å². The molecule has 0 radical (unpaired) electrons. The van der Waals surface area contributed by atoms with Crippen LogP contribution in [0.5, 0.6) is 0 Å². The van der Waals surface area contributed by atoms with E-state index >= 15 is 0 Å². The van der Waals surface area contributed by atoms with Gasteiger partial charge in [-0.15, -0.1) is 0 Å². The van der Waals surface area contributed by atoms with E-state index in [4.69, 9.17) is 0 Å². The monoisotopic (exact) mass is 268 g/mol. The van der Waals surface area contributed by atoms with Gasteiger partial charge in [0.05, 0.1) is 0 Å². The molecule has 0 heteroatoms. The van der Waals surface area contributed by atoms with E-state index in [0.717, 1.165) is 11.8 Å². The second-order valence-electron chi connectivity index (χ2n) is 6.48. The third kappa shape index (κ3) is 11.5. The van der Waals surface area contributed by atoms with E-state index in [2.05, 4.69) is 27.7 Å². The van der Waals surface area contributed by atoms with Crippen molar-refractivity contribution in [2.24, 2.45) is 11.8 Å². The van der Waals surface area contributed by atoms with Crippen molar-refractivity contribution in [3.8, 4) is 0 Å². The molecular weight excluding hydrogens is 228 g/mol. The van der Waals surface area contributed by atoms with Crippen molar-refractivity contribution in [1.29, 1.82) is 0 Å². The van der Waals surface area contributed by atoms with Crippen molar-refractivity contribution in [1.82, 2.24) is 0 Å². The normalized spacial score (nSPS) is 14.5. The van der Waals surface area contributed by atoms with Crippen LogP contribution in [0.15, 0.2) is 0 Å². The molecule has 2 unspecified atom stereocenters. The molecule has 0 aliphatic rings. The molecule has 0 bridgehead atoms. The fourth-order valence-corrected chi connectivity index (χ4v) is 3.15. The number of unbranched alkanes of at least 4 members (excludes halogenated alkanes) is 6. The molecule has 0 aliphatic heterocycles. The van der Waals surface area contributed by atoms with Gasteiger partial charge in [0.2, 0.25) is 0 Å². The zero-order valence-electron chi connectivity index (χ0n) is 14.3. The fraction of sp³-hybridized carbons (Fsp3) is 1.00. The van der Waals surface area contributed by atoms with Crippen molar-refractivity contribution in [2.45, 2.75) is 111 Å². The van der Waals surface area contributed by atoms with Gasteiger partial charge >= 0.3 is 0 Å². The van der Waals surface area contributed by atoms with E-state index in [-0.39, 0.29) is 0 Å². The van der Waals surface area contributed by atoms with Gasteiger partial charge in [-0.25, -0.2) is 0 Å². The van der Waals surface area contributed by atoms with Crippen LogP contribution < -0.4 is 0 Å². The lowest BCUT2D eigenvalue weighted by molar-refractivity contribution is 0.309. The van der Waals surface area contributed by atoms with Crippen molar-refractivity contribution in [3.63, 3.8) is 0 Å². The summed E-state index contributed by atoms with van der Waals surface area (Å²) >= 11 is 0. The second-order valence-corrected chi connectivity index (χ2v) is 6.48. The zero-order chi connectivity index (χ0) is 14.3. The molecular formula is C19H40. The predicted molar refractivity (Wildman–Crippen MR) is 89.7 cm³/mol. The maximum atomic E-state index is 2.40. The van der Waals surface area contributed by atoms with Gasteiger partial charge in [-0.05, 0) is 18.3 Å². The molecule has 0 saturated carbocycles. The lowest BCUT2D eigenvalue weighted by Gasteiger charge is -2.21. The van der Waals surface area contributed by atoms with Crippen LogP contribution in [-0.2, 0) is 0 Å². The van der Waals surface area contributed by atoms with E-state index < -0.39 is 0 Å². The van der Waals surface area contributed by atoms with Gasteiger partial charge < -0.3 is 0 Å². The van der Waals surface area contributed by atoms with Crippen molar-refractivity contribution < 1.29 is 0 Å². The van der Waals surface area contributed by atoms with Gasteiger partial charge in [0.25, 0.3) is 0 Å². The largest absolute Gasteiger partial charge is 0.0654 e. The highest BCUT2D eigenvalue weighted by atomic mass is 14.2. The average Bonchev–Trinajstić information content (AvgIpc) is 2.44. The molecule has 0 aromatic carbocycles. The topological polar surface area (TPSA) is 0 Å². The molecule has 0 saturated heterocycles. The maximum Gasteiger partial charge on any atom is -0.0414 e. The summed E-state index contributed by atoms with van der Waals surface area (Å²) in [4.78, 5) is 0. The summed E-state index contributed by atoms with van der Waals surface area (Å²) in [5.41, 5.74) is 0. The molecule has 0 N–H and O–H groups in total. The van der Waals surface area contributed by atoms with Crippen molar-refractivity contribution in [2.75, 3.05) is 0 Å². The Bertz CT molecular complexity index is 161. The molecule has 2 atom stereocenters. The predicted octanol–water partition coefficient (Wildman–Crippen LogP) is 7.37. The van der Waals surface area contributed by atoms with Gasteiger partial charge in [0.15, 0.2) is 0 Å². The molecule has 0 fully saturated rings. The highest BCUT2D eigenvalue weighted by Gasteiger charge is 2.13. The summed E-state index contributed by atoms with van der Waals surface area (Å²) in [5.74, 6) is 2.01. The minimum Gasteiger partial charge on any atom is -0.0654 e. The summed E-state index contributed by atoms with van der Waals surface area (Å²) in [6.07, 6.45) is 18.8. The molecule has 0 aromatic rings. The second kappa shape index (κ2) is 14.4. The fourth-order valence-electron chi connectivity index (χ4n) is 3.15.